The molecule has 0 aliphatic carbocycles. The lowest BCUT2D eigenvalue weighted by atomic mass is 9.94. The summed E-state index contributed by atoms with van der Waals surface area (Å²) in [5, 5.41) is 17.2. The Kier molecular flexibility index (Phi) is 5.62. The quantitative estimate of drug-likeness (QED) is 0.788. The van der Waals surface area contributed by atoms with Crippen LogP contribution in [0.15, 0.2) is 29.1 Å². The van der Waals surface area contributed by atoms with Crippen molar-refractivity contribution in [2.24, 2.45) is 5.92 Å². The Labute approximate surface area is 168 Å². The summed E-state index contributed by atoms with van der Waals surface area (Å²) in [6.07, 6.45) is 3.20. The lowest BCUT2D eigenvalue weighted by Gasteiger charge is -2.34. The van der Waals surface area contributed by atoms with Gasteiger partial charge in [-0.2, -0.15) is 5.10 Å². The van der Waals surface area contributed by atoms with Crippen molar-refractivity contribution in [3.8, 4) is 0 Å². The van der Waals surface area contributed by atoms with Crippen molar-refractivity contribution in [3.63, 3.8) is 0 Å². The second-order valence-corrected chi connectivity index (χ2v) is 7.89. The predicted octanol–water partition coefficient (Wildman–Crippen LogP) is 0.687. The number of piperidine rings is 1. The van der Waals surface area contributed by atoms with Crippen molar-refractivity contribution < 1.29 is 14.7 Å². The topological polar surface area (TPSA) is 107 Å². The fourth-order valence-corrected chi connectivity index (χ4v) is 4.49. The highest BCUT2D eigenvalue weighted by atomic mass is 16.3. The van der Waals surface area contributed by atoms with Gasteiger partial charge in [0.2, 0.25) is 11.8 Å². The Morgan fingerprint density at radius 2 is 1.83 bits per heavy atom. The Morgan fingerprint density at radius 3 is 2.55 bits per heavy atom. The first-order valence-corrected chi connectivity index (χ1v) is 10.2. The van der Waals surface area contributed by atoms with Crippen LogP contribution in [0.4, 0.5) is 0 Å². The summed E-state index contributed by atoms with van der Waals surface area (Å²) in [6.45, 7) is 1.81. The average molecular weight is 398 g/mol. The van der Waals surface area contributed by atoms with Crippen LogP contribution in [0, 0.1) is 5.92 Å². The summed E-state index contributed by atoms with van der Waals surface area (Å²) < 4.78 is 0. The molecule has 0 bridgehead atoms. The first kappa shape index (κ1) is 19.6. The maximum Gasteiger partial charge on any atom is 0.272 e. The van der Waals surface area contributed by atoms with E-state index >= 15 is 0 Å². The number of aromatic nitrogens is 2. The third-order valence-corrected chi connectivity index (χ3v) is 6.16. The third kappa shape index (κ3) is 3.89. The van der Waals surface area contributed by atoms with Gasteiger partial charge in [0.05, 0.1) is 30.1 Å². The molecule has 2 saturated heterocycles. The molecule has 0 spiro atoms. The number of nitrogens with one attached hydrogen (secondary N) is 1. The number of amides is 2. The Balaban J connectivity index is 1.38. The molecule has 8 nitrogen and oxygen atoms in total. The largest absolute Gasteiger partial charge is 0.394 e. The number of aliphatic hydroxyl groups is 1. The van der Waals surface area contributed by atoms with Gasteiger partial charge in [0.25, 0.3) is 5.56 Å². The molecule has 2 aliphatic rings. The summed E-state index contributed by atoms with van der Waals surface area (Å²) in [6, 6.07) is 7.08. The summed E-state index contributed by atoms with van der Waals surface area (Å²) in [5.41, 5.74) is 0.297. The van der Waals surface area contributed by atoms with Crippen molar-refractivity contribution >= 4 is 22.6 Å². The van der Waals surface area contributed by atoms with Gasteiger partial charge in [0, 0.05) is 30.9 Å². The predicted molar refractivity (Wildman–Crippen MR) is 107 cm³/mol. The van der Waals surface area contributed by atoms with Crippen molar-refractivity contribution in [1.29, 1.82) is 0 Å². The molecule has 2 amide bonds. The van der Waals surface area contributed by atoms with Crippen LogP contribution in [0.25, 0.3) is 10.8 Å². The number of carbonyl (C=O) groups excluding carboxylic acids is 2. The fraction of sp³-hybridized carbons (Fsp3) is 0.524. The van der Waals surface area contributed by atoms with Crippen LogP contribution in [0.5, 0.6) is 0 Å². The second-order valence-electron chi connectivity index (χ2n) is 7.89. The molecule has 0 radical (unpaired) electrons. The summed E-state index contributed by atoms with van der Waals surface area (Å²) in [5.74, 6) is -0.0183. The zero-order valence-electron chi connectivity index (χ0n) is 16.3. The van der Waals surface area contributed by atoms with E-state index in [0.29, 0.717) is 48.9 Å². The van der Waals surface area contributed by atoms with Gasteiger partial charge in [-0.05, 0) is 31.7 Å². The highest BCUT2D eigenvalue weighted by molar-refractivity contribution is 5.88. The van der Waals surface area contributed by atoms with Gasteiger partial charge in [0.1, 0.15) is 0 Å². The molecule has 1 aromatic heterocycles. The standard InChI is InChI=1S/C21H26N4O4/c26-13-15-4-3-9-25(15)21(29)14-7-10-24(11-8-14)19(27)12-18-16-5-1-2-6-17(16)20(28)23-22-18/h1-2,5-6,14-15,26H,3-4,7-13H2,(H,23,28). The lowest BCUT2D eigenvalue weighted by molar-refractivity contribution is -0.141. The number of likely N-dealkylation sites (tertiary alicyclic amines) is 2. The number of aliphatic hydroxyl groups excluding tert-OH is 1. The summed E-state index contributed by atoms with van der Waals surface area (Å²) in [4.78, 5) is 41.1. The van der Waals surface area contributed by atoms with Gasteiger partial charge in [0.15, 0.2) is 0 Å². The number of hydrogen-bond acceptors (Lipinski definition) is 5. The minimum absolute atomic E-state index is 0.0171. The number of benzene rings is 1. The Morgan fingerprint density at radius 1 is 1.10 bits per heavy atom. The van der Waals surface area contributed by atoms with Crippen molar-refractivity contribution in [2.75, 3.05) is 26.2 Å². The van der Waals surface area contributed by atoms with Gasteiger partial charge >= 0.3 is 0 Å². The van der Waals surface area contributed by atoms with Crippen LogP contribution >= 0.6 is 0 Å². The summed E-state index contributed by atoms with van der Waals surface area (Å²) in [7, 11) is 0. The number of fused-ring (bicyclic) bond motifs is 1. The maximum atomic E-state index is 12.8. The maximum absolute atomic E-state index is 12.8. The highest BCUT2D eigenvalue weighted by Crippen LogP contribution is 2.25. The molecule has 2 aliphatic heterocycles. The van der Waals surface area contributed by atoms with E-state index in [1.54, 1.807) is 23.1 Å². The van der Waals surface area contributed by atoms with Gasteiger partial charge < -0.3 is 14.9 Å². The molecular formula is C21H26N4O4. The van der Waals surface area contributed by atoms with Gasteiger partial charge in [-0.1, -0.05) is 18.2 Å². The van der Waals surface area contributed by atoms with E-state index in [-0.39, 0.29) is 42.4 Å². The zero-order chi connectivity index (χ0) is 20.4. The van der Waals surface area contributed by atoms with E-state index in [9.17, 15) is 19.5 Å². The molecule has 1 aromatic carbocycles. The van der Waals surface area contributed by atoms with Crippen molar-refractivity contribution in [3.05, 3.63) is 40.3 Å². The third-order valence-electron chi connectivity index (χ3n) is 6.16. The summed E-state index contributed by atoms with van der Waals surface area (Å²) >= 11 is 0. The van der Waals surface area contributed by atoms with E-state index in [1.165, 1.54) is 0 Å². The minimum Gasteiger partial charge on any atom is -0.394 e. The number of carbonyl (C=O) groups is 2. The minimum atomic E-state index is -0.265. The van der Waals surface area contributed by atoms with Gasteiger partial charge in [-0.25, -0.2) is 5.10 Å². The number of aromatic amines is 1. The van der Waals surface area contributed by atoms with Crippen molar-refractivity contribution in [2.45, 2.75) is 38.1 Å². The van der Waals surface area contributed by atoms with Crippen LogP contribution in [0.2, 0.25) is 0 Å². The van der Waals surface area contributed by atoms with E-state index in [1.807, 2.05) is 11.0 Å². The molecule has 1 unspecified atom stereocenters. The SMILES string of the molecule is O=C(Cc1n[nH]c(=O)c2ccccc12)N1CCC(C(=O)N2CCCC2CO)CC1. The van der Waals surface area contributed by atoms with Crippen LogP contribution in [0.3, 0.4) is 0 Å². The van der Waals surface area contributed by atoms with Crippen molar-refractivity contribution in [1.82, 2.24) is 20.0 Å². The number of nitrogens with zero attached hydrogens (tertiary/aromatic N) is 3. The monoisotopic (exact) mass is 398 g/mol. The molecule has 4 rings (SSSR count). The van der Waals surface area contributed by atoms with Gasteiger partial charge in [-0.3, -0.25) is 14.4 Å². The van der Waals surface area contributed by atoms with Crippen LogP contribution in [0.1, 0.15) is 31.4 Å². The van der Waals surface area contributed by atoms with Gasteiger partial charge in [-0.15, -0.1) is 0 Å². The van der Waals surface area contributed by atoms with E-state index < -0.39 is 0 Å². The molecule has 154 valence electrons. The number of rotatable bonds is 4. The lowest BCUT2D eigenvalue weighted by Crippen LogP contribution is -2.46. The Hall–Kier alpha value is -2.74. The molecule has 2 aromatic rings. The zero-order valence-corrected chi connectivity index (χ0v) is 16.3. The van der Waals surface area contributed by atoms with E-state index in [0.717, 1.165) is 12.8 Å². The molecule has 0 saturated carbocycles. The Bertz CT molecular complexity index is 965. The normalized spacial score (nSPS) is 20.4. The highest BCUT2D eigenvalue weighted by Gasteiger charge is 2.35. The molecule has 2 N–H and O–H groups in total. The molecule has 1 atom stereocenters. The molecule has 29 heavy (non-hydrogen) atoms. The molecular weight excluding hydrogens is 372 g/mol. The van der Waals surface area contributed by atoms with E-state index in [2.05, 4.69) is 10.2 Å². The molecule has 3 heterocycles. The number of H-pyrrole nitrogens is 1. The van der Waals surface area contributed by atoms with E-state index in [4.69, 9.17) is 0 Å². The van der Waals surface area contributed by atoms with Crippen LogP contribution in [-0.4, -0.2) is 69.2 Å². The van der Waals surface area contributed by atoms with Crippen LogP contribution < -0.4 is 5.56 Å². The first-order valence-electron chi connectivity index (χ1n) is 10.2. The first-order chi connectivity index (χ1) is 14.1. The molecule has 8 heteroatoms. The molecule has 2 fully saturated rings. The average Bonchev–Trinajstić information content (AvgIpc) is 3.24. The fourth-order valence-electron chi connectivity index (χ4n) is 4.49. The smallest absolute Gasteiger partial charge is 0.272 e. The second kappa shape index (κ2) is 8.32. The number of hydrogen-bond donors (Lipinski definition) is 2. The van der Waals surface area contributed by atoms with Crippen LogP contribution in [-0.2, 0) is 16.0 Å².